The second-order valence-corrected chi connectivity index (χ2v) is 6.40. The molecule has 5 heteroatoms. The van der Waals surface area contributed by atoms with Gasteiger partial charge in [-0.3, -0.25) is 4.79 Å². The number of carbonyl (C=O) groups excluding carboxylic acids is 1. The van der Waals surface area contributed by atoms with Gasteiger partial charge in [-0.25, -0.2) is 4.39 Å². The third-order valence-corrected chi connectivity index (χ3v) is 5.13. The van der Waals surface area contributed by atoms with Crippen LogP contribution in [0, 0.1) is 5.82 Å². The van der Waals surface area contributed by atoms with Crippen LogP contribution in [0.3, 0.4) is 0 Å². The molecule has 0 radical (unpaired) electrons. The van der Waals surface area contributed by atoms with Gasteiger partial charge in [0.2, 0.25) is 0 Å². The molecule has 1 saturated heterocycles. The summed E-state index contributed by atoms with van der Waals surface area (Å²) in [5.74, 6) is -0.668. The second-order valence-electron chi connectivity index (χ2n) is 6.02. The molecular weight excluding hydrogens is 291 g/mol. The number of hydrogen-bond donors (Lipinski definition) is 1. The van der Waals surface area contributed by atoms with Crippen molar-refractivity contribution in [1.29, 1.82) is 0 Å². The van der Waals surface area contributed by atoms with Crippen LogP contribution < -0.4 is 5.32 Å². The molecular formula is C16H20ClFN2O. The number of amides is 1. The number of halogens is 2. The quantitative estimate of drug-likeness (QED) is 0.864. The fourth-order valence-electron chi connectivity index (χ4n) is 3.63. The maximum Gasteiger partial charge on any atom is 0.256 e. The van der Waals surface area contributed by atoms with E-state index in [9.17, 15) is 9.18 Å². The molecule has 1 aromatic rings. The summed E-state index contributed by atoms with van der Waals surface area (Å²) >= 11 is 6.00. The lowest BCUT2D eigenvalue weighted by Gasteiger charge is -2.50. The molecule has 1 heterocycles. The van der Waals surface area contributed by atoms with Crippen LogP contribution in [0.25, 0.3) is 0 Å². The normalized spacial score (nSPS) is 21.5. The predicted molar refractivity (Wildman–Crippen MR) is 81.1 cm³/mol. The van der Waals surface area contributed by atoms with E-state index in [4.69, 9.17) is 11.6 Å². The summed E-state index contributed by atoms with van der Waals surface area (Å²) in [6.07, 6.45) is 5.53. The highest BCUT2D eigenvalue weighted by molar-refractivity contribution is 6.34. The minimum absolute atomic E-state index is 0.0630. The minimum Gasteiger partial charge on any atom is -0.330 e. The van der Waals surface area contributed by atoms with Gasteiger partial charge in [-0.05, 0) is 25.0 Å². The first kappa shape index (κ1) is 14.8. The van der Waals surface area contributed by atoms with Crippen molar-refractivity contribution in [3.05, 3.63) is 34.6 Å². The van der Waals surface area contributed by atoms with Crippen LogP contribution in [-0.4, -0.2) is 36.0 Å². The molecule has 3 nitrogen and oxygen atoms in total. The van der Waals surface area contributed by atoms with Gasteiger partial charge >= 0.3 is 0 Å². The standard InChI is InChI=1S/C16H20ClFN2O/c17-14-12(5-4-6-13(14)18)15(21)20-10-9-19-11-16(20)7-2-1-3-8-16/h4-6,19H,1-3,7-11H2. The van der Waals surface area contributed by atoms with E-state index in [2.05, 4.69) is 5.32 Å². The van der Waals surface area contributed by atoms with Crippen LogP contribution in [0.15, 0.2) is 18.2 Å². The van der Waals surface area contributed by atoms with Crippen molar-refractivity contribution >= 4 is 17.5 Å². The molecule has 1 aliphatic carbocycles. The van der Waals surface area contributed by atoms with Crippen LogP contribution in [0.1, 0.15) is 42.5 Å². The highest BCUT2D eigenvalue weighted by Gasteiger charge is 2.42. The van der Waals surface area contributed by atoms with Crippen molar-refractivity contribution in [3.8, 4) is 0 Å². The predicted octanol–water partition coefficient (Wildman–Crippen LogP) is 3.23. The van der Waals surface area contributed by atoms with Crippen LogP contribution in [0.4, 0.5) is 4.39 Å². The summed E-state index contributed by atoms with van der Waals surface area (Å²) in [5.41, 5.74) is 0.159. The lowest BCUT2D eigenvalue weighted by molar-refractivity contribution is 0.0222. The van der Waals surface area contributed by atoms with Gasteiger partial charge in [0.05, 0.1) is 16.1 Å². The molecule has 2 fully saturated rings. The van der Waals surface area contributed by atoms with Gasteiger partial charge in [0.1, 0.15) is 5.82 Å². The van der Waals surface area contributed by atoms with Crippen molar-refractivity contribution in [2.24, 2.45) is 0 Å². The molecule has 1 aliphatic heterocycles. The lowest BCUT2D eigenvalue weighted by atomic mass is 9.78. The summed E-state index contributed by atoms with van der Waals surface area (Å²) in [7, 11) is 0. The Balaban J connectivity index is 1.92. The Morgan fingerprint density at radius 1 is 1.29 bits per heavy atom. The number of piperazine rings is 1. The molecule has 0 bridgehead atoms. The Labute approximate surface area is 129 Å². The van der Waals surface area contributed by atoms with Crippen LogP contribution >= 0.6 is 11.6 Å². The van der Waals surface area contributed by atoms with E-state index in [-0.39, 0.29) is 22.0 Å². The summed E-state index contributed by atoms with van der Waals surface area (Å²) in [4.78, 5) is 14.8. The minimum atomic E-state index is -0.532. The van der Waals surface area contributed by atoms with Crippen molar-refractivity contribution < 1.29 is 9.18 Å². The third-order valence-electron chi connectivity index (χ3n) is 4.75. The van der Waals surface area contributed by atoms with E-state index in [0.717, 1.165) is 38.8 Å². The molecule has 1 N–H and O–H groups in total. The first-order valence-corrected chi connectivity index (χ1v) is 7.99. The SMILES string of the molecule is O=C(c1cccc(F)c1Cl)N1CCNCC12CCCCC2. The van der Waals surface area contributed by atoms with Crippen LogP contribution in [0.5, 0.6) is 0 Å². The maximum absolute atomic E-state index is 13.6. The highest BCUT2D eigenvalue weighted by Crippen LogP contribution is 2.36. The van der Waals surface area contributed by atoms with Gasteiger partial charge in [0, 0.05) is 19.6 Å². The molecule has 1 aromatic carbocycles. The van der Waals surface area contributed by atoms with Crippen molar-refractivity contribution in [2.45, 2.75) is 37.6 Å². The zero-order valence-corrected chi connectivity index (χ0v) is 12.8. The highest BCUT2D eigenvalue weighted by atomic mass is 35.5. The Bertz CT molecular complexity index is 535. The average molecular weight is 311 g/mol. The smallest absolute Gasteiger partial charge is 0.256 e. The van der Waals surface area contributed by atoms with Gasteiger partial charge in [-0.2, -0.15) is 0 Å². The fourth-order valence-corrected chi connectivity index (χ4v) is 3.84. The van der Waals surface area contributed by atoms with E-state index in [1.54, 1.807) is 12.1 Å². The Kier molecular flexibility index (Phi) is 4.18. The van der Waals surface area contributed by atoms with E-state index >= 15 is 0 Å². The van der Waals surface area contributed by atoms with Gasteiger partial charge in [0.15, 0.2) is 0 Å². The van der Waals surface area contributed by atoms with Crippen molar-refractivity contribution in [1.82, 2.24) is 10.2 Å². The first-order chi connectivity index (χ1) is 10.1. The molecule has 1 amide bonds. The van der Waals surface area contributed by atoms with Gasteiger partial charge in [-0.15, -0.1) is 0 Å². The number of nitrogens with zero attached hydrogens (tertiary/aromatic N) is 1. The van der Waals surface area contributed by atoms with E-state index in [0.29, 0.717) is 6.54 Å². The molecule has 0 aromatic heterocycles. The molecule has 21 heavy (non-hydrogen) atoms. The van der Waals surface area contributed by atoms with Gasteiger partial charge in [0.25, 0.3) is 5.91 Å². The van der Waals surface area contributed by atoms with Gasteiger partial charge in [-0.1, -0.05) is 36.9 Å². The topological polar surface area (TPSA) is 32.3 Å². The Hall–Kier alpha value is -1.13. The summed E-state index contributed by atoms with van der Waals surface area (Å²) in [6, 6.07) is 4.45. The molecule has 1 saturated carbocycles. The third kappa shape index (κ3) is 2.67. The van der Waals surface area contributed by atoms with Crippen LogP contribution in [0.2, 0.25) is 5.02 Å². The second kappa shape index (κ2) is 5.93. The molecule has 2 aliphatic rings. The average Bonchev–Trinajstić information content (AvgIpc) is 2.51. The fraction of sp³-hybridized carbons (Fsp3) is 0.562. The summed E-state index contributed by atoms with van der Waals surface area (Å²) < 4.78 is 13.6. The van der Waals surface area contributed by atoms with E-state index in [1.165, 1.54) is 12.5 Å². The number of nitrogens with one attached hydrogen (secondary N) is 1. The summed E-state index contributed by atoms with van der Waals surface area (Å²) in [5, 5.41) is 3.34. The Morgan fingerprint density at radius 2 is 2.05 bits per heavy atom. The first-order valence-electron chi connectivity index (χ1n) is 7.61. The Morgan fingerprint density at radius 3 is 2.81 bits per heavy atom. The van der Waals surface area contributed by atoms with Crippen molar-refractivity contribution in [2.75, 3.05) is 19.6 Å². The number of rotatable bonds is 1. The molecule has 0 atom stereocenters. The molecule has 0 unspecified atom stereocenters. The zero-order valence-electron chi connectivity index (χ0n) is 12.0. The molecule has 3 rings (SSSR count). The van der Waals surface area contributed by atoms with Gasteiger partial charge < -0.3 is 10.2 Å². The van der Waals surface area contributed by atoms with E-state index < -0.39 is 5.82 Å². The maximum atomic E-state index is 13.6. The number of hydrogen-bond acceptors (Lipinski definition) is 2. The molecule has 1 spiro atoms. The largest absolute Gasteiger partial charge is 0.330 e. The van der Waals surface area contributed by atoms with Crippen LogP contribution in [-0.2, 0) is 0 Å². The monoisotopic (exact) mass is 310 g/mol. The zero-order chi connectivity index (χ0) is 14.9. The van der Waals surface area contributed by atoms with E-state index in [1.807, 2.05) is 4.90 Å². The number of benzene rings is 1. The summed E-state index contributed by atoms with van der Waals surface area (Å²) in [6.45, 7) is 2.26. The lowest BCUT2D eigenvalue weighted by Crippen LogP contribution is -2.63. The number of carbonyl (C=O) groups is 1. The molecule has 114 valence electrons. The van der Waals surface area contributed by atoms with Crippen molar-refractivity contribution in [3.63, 3.8) is 0 Å².